The molecule has 0 saturated carbocycles. The minimum atomic E-state index is -0.218. The molecule has 1 N–H and O–H groups in total. The topological polar surface area (TPSA) is 31.9 Å². The lowest BCUT2D eigenvalue weighted by atomic mass is 10.0. The van der Waals surface area contributed by atoms with E-state index < -0.39 is 0 Å². The average molecular weight is 231 g/mol. The van der Waals surface area contributed by atoms with Crippen LogP contribution in [0, 0.1) is 5.82 Å². The number of hydrogen-bond donors (Lipinski definition) is 1. The second-order valence-electron chi connectivity index (χ2n) is 4.52. The molecule has 0 unspecified atom stereocenters. The van der Waals surface area contributed by atoms with Gasteiger partial charge >= 0.3 is 0 Å². The molecule has 1 aliphatic rings. The Kier molecular flexibility index (Phi) is 2.44. The van der Waals surface area contributed by atoms with Gasteiger partial charge < -0.3 is 4.90 Å². The van der Waals surface area contributed by atoms with Crippen LogP contribution >= 0.6 is 0 Å². The second kappa shape index (κ2) is 3.96. The fourth-order valence-corrected chi connectivity index (χ4v) is 2.30. The lowest BCUT2D eigenvalue weighted by molar-refractivity contribution is 0.372. The van der Waals surface area contributed by atoms with Crippen molar-refractivity contribution in [3.05, 3.63) is 35.8 Å². The normalized spacial score (nSPS) is 17.4. The summed E-state index contributed by atoms with van der Waals surface area (Å²) in [6.45, 7) is 1.94. The van der Waals surface area contributed by atoms with Crippen LogP contribution in [0.5, 0.6) is 0 Å². The van der Waals surface area contributed by atoms with E-state index in [1.54, 1.807) is 12.1 Å². The summed E-state index contributed by atoms with van der Waals surface area (Å²) < 4.78 is 13.3. The van der Waals surface area contributed by atoms with Crippen LogP contribution in [0.4, 0.5) is 4.39 Å². The SMILES string of the molecule is CN1CCC=C(c2n[nH]c3ccc(F)cc23)C1. The number of nitrogens with zero attached hydrogens (tertiary/aromatic N) is 2. The summed E-state index contributed by atoms with van der Waals surface area (Å²) >= 11 is 0. The first kappa shape index (κ1) is 10.5. The lowest BCUT2D eigenvalue weighted by Gasteiger charge is -2.21. The molecule has 17 heavy (non-hydrogen) atoms. The molecule has 2 aromatic rings. The molecule has 0 aliphatic carbocycles. The maximum absolute atomic E-state index is 13.3. The summed E-state index contributed by atoms with van der Waals surface area (Å²) in [5.41, 5.74) is 2.94. The molecule has 1 aromatic carbocycles. The third-order valence-corrected chi connectivity index (χ3v) is 3.17. The van der Waals surface area contributed by atoms with E-state index >= 15 is 0 Å². The Labute approximate surface area is 98.9 Å². The van der Waals surface area contributed by atoms with Gasteiger partial charge in [-0.1, -0.05) is 6.08 Å². The predicted octanol–water partition coefficient (Wildman–Crippen LogP) is 2.42. The highest BCUT2D eigenvalue weighted by Crippen LogP contribution is 2.26. The Bertz CT molecular complexity index is 585. The lowest BCUT2D eigenvalue weighted by Crippen LogP contribution is -2.25. The van der Waals surface area contributed by atoms with Crippen molar-refractivity contribution in [2.45, 2.75) is 6.42 Å². The Hall–Kier alpha value is -1.68. The molecule has 1 aliphatic heterocycles. The Morgan fingerprint density at radius 1 is 1.41 bits per heavy atom. The van der Waals surface area contributed by atoms with Crippen molar-refractivity contribution in [3.8, 4) is 0 Å². The maximum Gasteiger partial charge on any atom is 0.124 e. The predicted molar refractivity (Wildman–Crippen MR) is 66.1 cm³/mol. The molecule has 0 atom stereocenters. The Morgan fingerprint density at radius 3 is 3.12 bits per heavy atom. The van der Waals surface area contributed by atoms with Gasteiger partial charge in [-0.25, -0.2) is 4.39 Å². The van der Waals surface area contributed by atoms with E-state index in [0.717, 1.165) is 36.1 Å². The summed E-state index contributed by atoms with van der Waals surface area (Å²) in [5.74, 6) is -0.218. The van der Waals surface area contributed by atoms with E-state index in [1.807, 2.05) is 0 Å². The minimum absolute atomic E-state index is 0.218. The molecule has 2 heterocycles. The van der Waals surface area contributed by atoms with Crippen LogP contribution in [0.3, 0.4) is 0 Å². The van der Waals surface area contributed by atoms with Crippen LogP contribution in [0.25, 0.3) is 16.5 Å². The van der Waals surface area contributed by atoms with Crippen LogP contribution < -0.4 is 0 Å². The van der Waals surface area contributed by atoms with Crippen molar-refractivity contribution < 1.29 is 4.39 Å². The molecule has 0 saturated heterocycles. The number of nitrogens with one attached hydrogen (secondary N) is 1. The van der Waals surface area contributed by atoms with Gasteiger partial charge in [-0.15, -0.1) is 0 Å². The van der Waals surface area contributed by atoms with Gasteiger partial charge in [0.25, 0.3) is 0 Å². The number of rotatable bonds is 1. The maximum atomic E-state index is 13.3. The molecular formula is C13H14FN3. The number of aromatic nitrogens is 2. The monoisotopic (exact) mass is 231 g/mol. The number of hydrogen-bond acceptors (Lipinski definition) is 2. The van der Waals surface area contributed by atoms with E-state index in [9.17, 15) is 4.39 Å². The highest BCUT2D eigenvalue weighted by Gasteiger charge is 2.15. The summed E-state index contributed by atoms with van der Waals surface area (Å²) in [6, 6.07) is 4.73. The van der Waals surface area contributed by atoms with E-state index in [2.05, 4.69) is 28.2 Å². The molecule has 3 rings (SSSR count). The molecule has 0 radical (unpaired) electrons. The van der Waals surface area contributed by atoms with Crippen molar-refractivity contribution >= 4 is 16.5 Å². The molecule has 0 fully saturated rings. The van der Waals surface area contributed by atoms with Gasteiger partial charge in [0.05, 0.1) is 11.2 Å². The van der Waals surface area contributed by atoms with Crippen LogP contribution in [0.15, 0.2) is 24.3 Å². The fourth-order valence-electron chi connectivity index (χ4n) is 2.30. The largest absolute Gasteiger partial charge is 0.302 e. The average Bonchev–Trinajstić information content (AvgIpc) is 2.71. The first-order valence-corrected chi connectivity index (χ1v) is 5.75. The van der Waals surface area contributed by atoms with Gasteiger partial charge in [-0.2, -0.15) is 5.10 Å². The van der Waals surface area contributed by atoms with Crippen LogP contribution in [-0.2, 0) is 0 Å². The van der Waals surface area contributed by atoms with Crippen molar-refractivity contribution in [2.24, 2.45) is 0 Å². The third-order valence-electron chi connectivity index (χ3n) is 3.17. The zero-order valence-electron chi connectivity index (χ0n) is 9.70. The van der Waals surface area contributed by atoms with Crippen molar-refractivity contribution in [3.63, 3.8) is 0 Å². The van der Waals surface area contributed by atoms with Gasteiger partial charge in [0.1, 0.15) is 5.82 Å². The van der Waals surface area contributed by atoms with E-state index in [0.29, 0.717) is 0 Å². The zero-order chi connectivity index (χ0) is 11.8. The quantitative estimate of drug-likeness (QED) is 0.817. The highest BCUT2D eigenvalue weighted by atomic mass is 19.1. The van der Waals surface area contributed by atoms with Gasteiger partial charge in [0.2, 0.25) is 0 Å². The first-order chi connectivity index (χ1) is 8.24. The molecule has 3 nitrogen and oxygen atoms in total. The summed E-state index contributed by atoms with van der Waals surface area (Å²) in [7, 11) is 2.09. The summed E-state index contributed by atoms with van der Waals surface area (Å²) in [5, 5.41) is 8.13. The summed E-state index contributed by atoms with van der Waals surface area (Å²) in [6.07, 6.45) is 3.22. The molecule has 0 spiro atoms. The van der Waals surface area contributed by atoms with E-state index in [4.69, 9.17) is 0 Å². The molecule has 0 bridgehead atoms. The fraction of sp³-hybridized carbons (Fsp3) is 0.308. The summed E-state index contributed by atoms with van der Waals surface area (Å²) in [4.78, 5) is 2.25. The van der Waals surface area contributed by atoms with E-state index in [1.165, 1.54) is 11.6 Å². The zero-order valence-corrected chi connectivity index (χ0v) is 9.70. The minimum Gasteiger partial charge on any atom is -0.302 e. The molecular weight excluding hydrogens is 217 g/mol. The first-order valence-electron chi connectivity index (χ1n) is 5.75. The molecule has 4 heteroatoms. The number of fused-ring (bicyclic) bond motifs is 1. The Morgan fingerprint density at radius 2 is 2.29 bits per heavy atom. The molecule has 1 aromatic heterocycles. The van der Waals surface area contributed by atoms with Gasteiger partial charge in [0.15, 0.2) is 0 Å². The molecule has 0 amide bonds. The van der Waals surface area contributed by atoms with Crippen molar-refractivity contribution in [2.75, 3.05) is 20.1 Å². The van der Waals surface area contributed by atoms with Crippen LogP contribution in [0.1, 0.15) is 12.1 Å². The number of halogens is 1. The number of aromatic amines is 1. The van der Waals surface area contributed by atoms with Gasteiger partial charge in [-0.3, -0.25) is 5.10 Å². The third kappa shape index (κ3) is 1.85. The smallest absolute Gasteiger partial charge is 0.124 e. The molecule has 88 valence electrons. The van der Waals surface area contributed by atoms with Crippen LogP contribution in [0.2, 0.25) is 0 Å². The van der Waals surface area contributed by atoms with Gasteiger partial charge in [0, 0.05) is 18.5 Å². The second-order valence-corrected chi connectivity index (χ2v) is 4.52. The standard InChI is InChI=1S/C13H14FN3/c1-17-6-2-3-9(8-17)13-11-7-10(14)4-5-12(11)15-16-13/h3-5,7H,2,6,8H2,1H3,(H,15,16). The number of H-pyrrole nitrogens is 1. The van der Waals surface area contributed by atoms with Crippen molar-refractivity contribution in [1.29, 1.82) is 0 Å². The number of benzene rings is 1. The number of likely N-dealkylation sites (N-methyl/N-ethyl adjacent to an activating group) is 1. The van der Waals surface area contributed by atoms with Crippen molar-refractivity contribution in [1.82, 2.24) is 15.1 Å². The van der Waals surface area contributed by atoms with Gasteiger partial charge in [-0.05, 0) is 37.2 Å². The van der Waals surface area contributed by atoms with Crippen LogP contribution in [-0.4, -0.2) is 35.2 Å². The van der Waals surface area contributed by atoms with E-state index in [-0.39, 0.29) is 5.82 Å². The highest BCUT2D eigenvalue weighted by molar-refractivity contribution is 5.90. The Balaban J connectivity index is 2.11.